The molecule has 29 heavy (non-hydrogen) atoms. The summed E-state index contributed by atoms with van der Waals surface area (Å²) in [4.78, 5) is 16.2. The van der Waals surface area contributed by atoms with Crippen LogP contribution in [0.15, 0.2) is 83.9 Å². The largest absolute Gasteiger partial charge is 0.478 e. The normalized spacial score (nSPS) is 12.7. The van der Waals surface area contributed by atoms with Gasteiger partial charge in [0, 0.05) is 11.6 Å². The highest BCUT2D eigenvalue weighted by Crippen LogP contribution is 2.35. The zero-order valence-corrected chi connectivity index (χ0v) is 15.8. The number of aliphatic hydroxyl groups excluding tert-OH is 1. The number of hydrogen-bond donors (Lipinski definition) is 2. The van der Waals surface area contributed by atoms with Crippen LogP contribution in [-0.2, 0) is 10.0 Å². The van der Waals surface area contributed by atoms with Gasteiger partial charge < -0.3 is 10.2 Å². The second-order valence-electron chi connectivity index (χ2n) is 6.32. The monoisotopic (exact) mass is 408 g/mol. The molecule has 2 aromatic carbocycles. The van der Waals surface area contributed by atoms with Crippen LogP contribution in [0, 0.1) is 0 Å². The Labute approximate surface area is 166 Å². The molecule has 1 atom stereocenters. The van der Waals surface area contributed by atoms with E-state index in [2.05, 4.69) is 4.98 Å². The first-order valence-corrected chi connectivity index (χ1v) is 10.1. The Hall–Kier alpha value is -3.49. The Balaban J connectivity index is 2.13. The average Bonchev–Trinajstić information content (AvgIpc) is 3.10. The van der Waals surface area contributed by atoms with Crippen molar-refractivity contribution >= 4 is 26.9 Å². The smallest absolute Gasteiger partial charge is 0.338 e. The predicted molar refractivity (Wildman–Crippen MR) is 106 cm³/mol. The van der Waals surface area contributed by atoms with E-state index >= 15 is 0 Å². The van der Waals surface area contributed by atoms with Gasteiger partial charge in [0.15, 0.2) is 0 Å². The standard InChI is InChI=1S/C21H16N2O5S/c24-20(16-11-6-7-13-22-16)19-18(21(25)26)15-10-4-5-12-17(15)23(19)29(27,28)14-8-2-1-3-9-14/h1-13,20,24H,(H,25,26). The molecule has 146 valence electrons. The predicted octanol–water partition coefficient (Wildman–Crippen LogP) is 3.05. The van der Waals surface area contributed by atoms with E-state index in [4.69, 9.17) is 0 Å². The molecule has 0 fully saturated rings. The summed E-state index contributed by atoms with van der Waals surface area (Å²) < 4.78 is 27.9. The van der Waals surface area contributed by atoms with Crippen molar-refractivity contribution in [2.75, 3.05) is 0 Å². The molecule has 7 nitrogen and oxygen atoms in total. The Morgan fingerprint density at radius 1 is 0.931 bits per heavy atom. The number of aromatic carboxylic acids is 1. The quantitative estimate of drug-likeness (QED) is 0.525. The fourth-order valence-electron chi connectivity index (χ4n) is 3.34. The summed E-state index contributed by atoms with van der Waals surface area (Å²) in [6.45, 7) is 0. The van der Waals surface area contributed by atoms with Crippen LogP contribution in [0.1, 0.15) is 27.8 Å². The molecule has 0 amide bonds. The number of fused-ring (bicyclic) bond motifs is 1. The molecule has 0 radical (unpaired) electrons. The molecule has 0 saturated heterocycles. The lowest BCUT2D eigenvalue weighted by atomic mass is 10.1. The molecule has 0 aliphatic rings. The number of benzene rings is 2. The third kappa shape index (κ3) is 3.08. The second kappa shape index (κ2) is 7.16. The van der Waals surface area contributed by atoms with Gasteiger partial charge in [0.2, 0.25) is 0 Å². The molecule has 0 aliphatic heterocycles. The van der Waals surface area contributed by atoms with Crippen LogP contribution < -0.4 is 0 Å². The lowest BCUT2D eigenvalue weighted by molar-refractivity contribution is 0.0693. The molecule has 0 spiro atoms. The Bertz CT molecular complexity index is 1300. The van der Waals surface area contributed by atoms with Crippen LogP contribution in [0.3, 0.4) is 0 Å². The summed E-state index contributed by atoms with van der Waals surface area (Å²) in [7, 11) is -4.20. The van der Waals surface area contributed by atoms with Crippen LogP contribution in [-0.4, -0.2) is 33.6 Å². The van der Waals surface area contributed by atoms with E-state index in [-0.39, 0.29) is 32.7 Å². The van der Waals surface area contributed by atoms with E-state index in [0.29, 0.717) is 0 Å². The van der Waals surface area contributed by atoms with Crippen LogP contribution in [0.2, 0.25) is 0 Å². The van der Waals surface area contributed by atoms with E-state index in [0.717, 1.165) is 3.97 Å². The van der Waals surface area contributed by atoms with Gasteiger partial charge in [-0.15, -0.1) is 0 Å². The fraction of sp³-hybridized carbons (Fsp3) is 0.0476. The molecule has 0 bridgehead atoms. The van der Waals surface area contributed by atoms with Gasteiger partial charge in [0.05, 0.1) is 27.4 Å². The lowest BCUT2D eigenvalue weighted by Gasteiger charge is -2.16. The minimum Gasteiger partial charge on any atom is -0.478 e. The number of carboxylic acids is 1. The van der Waals surface area contributed by atoms with Gasteiger partial charge in [-0.3, -0.25) is 4.98 Å². The molecule has 2 heterocycles. The molecule has 2 aromatic heterocycles. The van der Waals surface area contributed by atoms with Crippen molar-refractivity contribution in [1.82, 2.24) is 8.96 Å². The first kappa shape index (κ1) is 18.9. The van der Waals surface area contributed by atoms with E-state index in [1.54, 1.807) is 42.5 Å². The summed E-state index contributed by atoms with van der Waals surface area (Å²) in [5, 5.41) is 21.1. The first-order chi connectivity index (χ1) is 13.9. The van der Waals surface area contributed by atoms with Crippen molar-refractivity contribution in [3.05, 3.63) is 95.9 Å². The highest BCUT2D eigenvalue weighted by molar-refractivity contribution is 7.90. The SMILES string of the molecule is O=C(O)c1c(C(O)c2ccccn2)n(S(=O)(=O)c2ccccc2)c2ccccc12. The number of hydrogen-bond acceptors (Lipinski definition) is 5. The Morgan fingerprint density at radius 3 is 2.24 bits per heavy atom. The average molecular weight is 408 g/mol. The number of carboxylic acid groups (broad SMARTS) is 1. The van der Waals surface area contributed by atoms with E-state index in [9.17, 15) is 23.4 Å². The topological polar surface area (TPSA) is 109 Å². The second-order valence-corrected chi connectivity index (χ2v) is 8.11. The van der Waals surface area contributed by atoms with Crippen molar-refractivity contribution in [2.24, 2.45) is 0 Å². The summed E-state index contributed by atoms with van der Waals surface area (Å²) >= 11 is 0. The van der Waals surface area contributed by atoms with E-state index in [1.807, 2.05) is 0 Å². The molecule has 0 aliphatic carbocycles. The summed E-state index contributed by atoms with van der Waals surface area (Å²) in [6, 6.07) is 18.7. The van der Waals surface area contributed by atoms with Crippen molar-refractivity contribution in [3.8, 4) is 0 Å². The summed E-state index contributed by atoms with van der Waals surface area (Å²) in [5.41, 5.74) is -0.236. The number of nitrogens with zero attached hydrogens (tertiary/aromatic N) is 2. The van der Waals surface area contributed by atoms with Crippen molar-refractivity contribution in [1.29, 1.82) is 0 Å². The number of aliphatic hydroxyl groups is 1. The van der Waals surface area contributed by atoms with Crippen LogP contribution >= 0.6 is 0 Å². The van der Waals surface area contributed by atoms with Crippen LogP contribution in [0.5, 0.6) is 0 Å². The van der Waals surface area contributed by atoms with Gasteiger partial charge in [-0.1, -0.05) is 42.5 Å². The van der Waals surface area contributed by atoms with Crippen LogP contribution in [0.25, 0.3) is 10.9 Å². The molecule has 1 unspecified atom stereocenters. The number of rotatable bonds is 5. The van der Waals surface area contributed by atoms with Gasteiger partial charge in [0.25, 0.3) is 10.0 Å². The zero-order chi connectivity index (χ0) is 20.6. The third-order valence-electron chi connectivity index (χ3n) is 4.59. The van der Waals surface area contributed by atoms with Gasteiger partial charge in [-0.25, -0.2) is 17.2 Å². The maximum atomic E-state index is 13.5. The number of aromatic nitrogens is 2. The zero-order valence-electron chi connectivity index (χ0n) is 15.0. The number of pyridine rings is 1. The minimum atomic E-state index is -4.20. The fourth-order valence-corrected chi connectivity index (χ4v) is 4.92. The highest BCUT2D eigenvalue weighted by atomic mass is 32.2. The molecule has 8 heteroatoms. The number of para-hydroxylation sites is 1. The van der Waals surface area contributed by atoms with E-state index in [1.165, 1.54) is 36.5 Å². The van der Waals surface area contributed by atoms with Crippen molar-refractivity contribution in [2.45, 2.75) is 11.0 Å². The Morgan fingerprint density at radius 2 is 1.59 bits per heavy atom. The first-order valence-electron chi connectivity index (χ1n) is 8.69. The molecular weight excluding hydrogens is 392 g/mol. The molecule has 0 saturated carbocycles. The highest BCUT2D eigenvalue weighted by Gasteiger charge is 2.34. The summed E-state index contributed by atoms with van der Waals surface area (Å²) in [6.07, 6.45) is -0.120. The van der Waals surface area contributed by atoms with Gasteiger partial charge >= 0.3 is 5.97 Å². The van der Waals surface area contributed by atoms with Gasteiger partial charge in [0.1, 0.15) is 6.10 Å². The minimum absolute atomic E-state index is 0.0211. The van der Waals surface area contributed by atoms with Crippen molar-refractivity contribution in [3.63, 3.8) is 0 Å². The molecular formula is C21H16N2O5S. The third-order valence-corrected chi connectivity index (χ3v) is 6.33. The Kier molecular flexibility index (Phi) is 4.65. The van der Waals surface area contributed by atoms with Gasteiger partial charge in [-0.05, 0) is 30.3 Å². The molecule has 2 N–H and O–H groups in total. The van der Waals surface area contributed by atoms with Gasteiger partial charge in [-0.2, -0.15) is 0 Å². The van der Waals surface area contributed by atoms with E-state index < -0.39 is 22.1 Å². The number of carbonyl (C=O) groups is 1. The summed E-state index contributed by atoms with van der Waals surface area (Å²) in [5.74, 6) is -1.34. The molecule has 4 aromatic rings. The van der Waals surface area contributed by atoms with Crippen molar-refractivity contribution < 1.29 is 23.4 Å². The molecule has 4 rings (SSSR count). The maximum Gasteiger partial charge on any atom is 0.338 e. The van der Waals surface area contributed by atoms with Crippen LogP contribution in [0.4, 0.5) is 0 Å². The lowest BCUT2D eigenvalue weighted by Crippen LogP contribution is -2.20. The maximum absolute atomic E-state index is 13.5.